The zero-order chi connectivity index (χ0) is 13.9. The predicted molar refractivity (Wildman–Crippen MR) is 67.6 cm³/mol. The summed E-state index contributed by atoms with van der Waals surface area (Å²) in [5, 5.41) is 9.18. The molecule has 1 saturated heterocycles. The topological polar surface area (TPSA) is 76.1 Å². The van der Waals surface area contributed by atoms with Crippen molar-refractivity contribution in [3.05, 3.63) is 24.3 Å². The molecule has 2 aliphatic rings. The van der Waals surface area contributed by atoms with Gasteiger partial charge in [-0.3, -0.25) is 0 Å². The summed E-state index contributed by atoms with van der Waals surface area (Å²) in [4.78, 5) is 23.2. The van der Waals surface area contributed by atoms with E-state index in [9.17, 15) is 14.7 Å². The Bertz CT molecular complexity index is 439. The molecule has 0 saturated carbocycles. The van der Waals surface area contributed by atoms with Gasteiger partial charge in [-0.1, -0.05) is 38.3 Å². The first-order chi connectivity index (χ1) is 9.09. The summed E-state index contributed by atoms with van der Waals surface area (Å²) in [5.74, 6) is -1.79. The van der Waals surface area contributed by atoms with Crippen molar-refractivity contribution in [2.75, 3.05) is 6.61 Å². The zero-order valence-electron chi connectivity index (χ0n) is 10.9. The Morgan fingerprint density at radius 2 is 1.84 bits per heavy atom. The third-order valence-corrected chi connectivity index (χ3v) is 3.46. The van der Waals surface area contributed by atoms with Gasteiger partial charge >= 0.3 is 11.9 Å². The molecule has 104 valence electrons. The summed E-state index contributed by atoms with van der Waals surface area (Å²) < 4.78 is 10.3. The number of rotatable bonds is 7. The first-order valence-electron chi connectivity index (χ1n) is 6.57. The summed E-state index contributed by atoms with van der Waals surface area (Å²) >= 11 is 0. The minimum absolute atomic E-state index is 0.303. The Kier molecular flexibility index (Phi) is 3.75. The highest BCUT2D eigenvalue weighted by atomic mass is 16.7. The van der Waals surface area contributed by atoms with E-state index < -0.39 is 23.1 Å². The van der Waals surface area contributed by atoms with Gasteiger partial charge in [-0.15, -0.1) is 0 Å². The van der Waals surface area contributed by atoms with Crippen molar-refractivity contribution < 1.29 is 24.2 Å². The smallest absolute Gasteiger partial charge is 0.346 e. The second kappa shape index (κ2) is 5.17. The van der Waals surface area contributed by atoms with E-state index in [4.69, 9.17) is 9.47 Å². The molecule has 5 heteroatoms. The lowest BCUT2D eigenvalue weighted by atomic mass is 9.88. The SMILES string of the molecule is CCCCCCOC(=O)C12C=CC=CC1(C(=O)O)O2. The molecule has 1 N–H and O–H groups in total. The van der Waals surface area contributed by atoms with Crippen molar-refractivity contribution in [1.29, 1.82) is 0 Å². The van der Waals surface area contributed by atoms with Gasteiger partial charge in [0.25, 0.3) is 0 Å². The lowest BCUT2D eigenvalue weighted by Crippen LogP contribution is -2.39. The quantitative estimate of drug-likeness (QED) is 0.432. The van der Waals surface area contributed by atoms with Crippen molar-refractivity contribution in [2.45, 2.75) is 43.8 Å². The number of epoxide rings is 1. The summed E-state index contributed by atoms with van der Waals surface area (Å²) in [6.45, 7) is 2.40. The van der Waals surface area contributed by atoms with E-state index in [0.717, 1.165) is 25.7 Å². The average molecular weight is 266 g/mol. The van der Waals surface area contributed by atoms with Crippen molar-refractivity contribution in [3.63, 3.8) is 0 Å². The summed E-state index contributed by atoms with van der Waals surface area (Å²) in [6, 6.07) is 0. The molecule has 5 nitrogen and oxygen atoms in total. The van der Waals surface area contributed by atoms with Gasteiger partial charge in [0.05, 0.1) is 6.61 Å². The van der Waals surface area contributed by atoms with Crippen LogP contribution in [0.3, 0.4) is 0 Å². The van der Waals surface area contributed by atoms with Crippen LogP contribution in [0.25, 0.3) is 0 Å². The molecule has 19 heavy (non-hydrogen) atoms. The Balaban J connectivity index is 1.91. The van der Waals surface area contributed by atoms with Crippen LogP contribution in [0.2, 0.25) is 0 Å². The summed E-state index contributed by atoms with van der Waals surface area (Å²) in [5.41, 5.74) is -3.03. The van der Waals surface area contributed by atoms with Crippen LogP contribution in [0, 0.1) is 0 Å². The highest BCUT2D eigenvalue weighted by Crippen LogP contribution is 2.53. The second-order valence-corrected chi connectivity index (χ2v) is 4.79. The molecule has 0 bridgehead atoms. The van der Waals surface area contributed by atoms with E-state index >= 15 is 0 Å². The van der Waals surface area contributed by atoms with Crippen LogP contribution in [-0.4, -0.2) is 34.9 Å². The summed E-state index contributed by atoms with van der Waals surface area (Å²) in [7, 11) is 0. The van der Waals surface area contributed by atoms with E-state index in [-0.39, 0.29) is 0 Å². The highest BCUT2D eigenvalue weighted by Gasteiger charge is 2.79. The average Bonchev–Trinajstić information content (AvgIpc) is 3.10. The second-order valence-electron chi connectivity index (χ2n) is 4.79. The fourth-order valence-electron chi connectivity index (χ4n) is 2.26. The number of ether oxygens (including phenoxy) is 2. The molecule has 1 heterocycles. The van der Waals surface area contributed by atoms with Gasteiger partial charge in [-0.05, 0) is 18.6 Å². The molecule has 0 aromatic carbocycles. The third-order valence-electron chi connectivity index (χ3n) is 3.46. The molecule has 1 aliphatic heterocycles. The number of aliphatic carboxylic acids is 1. The van der Waals surface area contributed by atoms with Crippen LogP contribution in [0.1, 0.15) is 32.6 Å². The first-order valence-corrected chi connectivity index (χ1v) is 6.57. The number of fused-ring (bicyclic) bond motifs is 1. The van der Waals surface area contributed by atoms with Crippen LogP contribution in [0.4, 0.5) is 0 Å². The van der Waals surface area contributed by atoms with Crippen molar-refractivity contribution in [2.24, 2.45) is 0 Å². The molecule has 2 atom stereocenters. The highest BCUT2D eigenvalue weighted by molar-refractivity contribution is 6.01. The number of esters is 1. The number of carboxylic acid groups (broad SMARTS) is 1. The minimum atomic E-state index is -1.57. The molecular formula is C14H18O5. The molecule has 1 fully saturated rings. The number of hydrogen-bond acceptors (Lipinski definition) is 4. The lowest BCUT2D eigenvalue weighted by Gasteiger charge is -2.13. The van der Waals surface area contributed by atoms with Crippen molar-refractivity contribution in [3.8, 4) is 0 Å². The number of carboxylic acids is 1. The number of unbranched alkanes of at least 4 members (excludes halogenated alkanes) is 3. The Morgan fingerprint density at radius 1 is 1.16 bits per heavy atom. The Hall–Kier alpha value is -1.62. The van der Waals surface area contributed by atoms with Crippen LogP contribution in [0.5, 0.6) is 0 Å². The number of carbonyl (C=O) groups excluding carboxylic acids is 1. The molecule has 0 radical (unpaired) electrons. The molecule has 1 aliphatic carbocycles. The van der Waals surface area contributed by atoms with Gasteiger partial charge in [0.1, 0.15) is 0 Å². The van der Waals surface area contributed by atoms with Crippen LogP contribution >= 0.6 is 0 Å². The van der Waals surface area contributed by atoms with Crippen molar-refractivity contribution in [1.82, 2.24) is 0 Å². The molecule has 2 rings (SSSR count). The normalized spacial score (nSPS) is 30.8. The van der Waals surface area contributed by atoms with Crippen LogP contribution < -0.4 is 0 Å². The molecule has 0 amide bonds. The monoisotopic (exact) mass is 266 g/mol. The van der Waals surface area contributed by atoms with Gasteiger partial charge in [0.15, 0.2) is 0 Å². The van der Waals surface area contributed by atoms with E-state index in [0.29, 0.717) is 6.61 Å². The largest absolute Gasteiger partial charge is 0.479 e. The number of allylic oxidation sites excluding steroid dienone is 2. The maximum absolute atomic E-state index is 12.0. The van der Waals surface area contributed by atoms with Gasteiger partial charge in [-0.2, -0.15) is 0 Å². The Morgan fingerprint density at radius 3 is 2.47 bits per heavy atom. The number of hydrogen-bond donors (Lipinski definition) is 1. The third kappa shape index (κ3) is 2.18. The van der Waals surface area contributed by atoms with E-state index in [1.807, 2.05) is 0 Å². The van der Waals surface area contributed by atoms with Crippen molar-refractivity contribution >= 4 is 11.9 Å². The fraction of sp³-hybridized carbons (Fsp3) is 0.571. The van der Waals surface area contributed by atoms with Gasteiger partial charge in [0.2, 0.25) is 11.2 Å². The summed E-state index contributed by atoms with van der Waals surface area (Å²) in [6.07, 6.45) is 9.99. The predicted octanol–water partition coefficient (Wildman–Crippen LogP) is 1.83. The standard InChI is InChI=1S/C14H18O5/c1-2-3-4-7-10-18-12(17)14-9-6-5-8-13(14,19-14)11(15)16/h5-6,8-9H,2-4,7,10H2,1H3,(H,15,16). The maximum atomic E-state index is 12.0. The molecule has 0 aromatic rings. The van der Waals surface area contributed by atoms with E-state index in [2.05, 4.69) is 6.92 Å². The van der Waals surface area contributed by atoms with E-state index in [1.165, 1.54) is 12.2 Å². The minimum Gasteiger partial charge on any atom is -0.479 e. The lowest BCUT2D eigenvalue weighted by molar-refractivity contribution is -0.149. The van der Waals surface area contributed by atoms with Gasteiger partial charge in [0, 0.05) is 0 Å². The molecule has 0 aromatic heterocycles. The Labute approximate surface area is 111 Å². The van der Waals surface area contributed by atoms with E-state index in [1.54, 1.807) is 12.2 Å². The zero-order valence-corrected chi connectivity index (χ0v) is 10.9. The molecular weight excluding hydrogens is 248 g/mol. The molecule has 0 spiro atoms. The maximum Gasteiger partial charge on any atom is 0.346 e. The first kappa shape index (κ1) is 13.8. The number of carbonyl (C=O) groups is 2. The van der Waals surface area contributed by atoms with Gasteiger partial charge in [-0.25, -0.2) is 9.59 Å². The van der Waals surface area contributed by atoms with Crippen LogP contribution in [-0.2, 0) is 19.1 Å². The molecule has 2 unspecified atom stereocenters. The van der Waals surface area contributed by atoms with Crippen LogP contribution in [0.15, 0.2) is 24.3 Å². The van der Waals surface area contributed by atoms with Gasteiger partial charge < -0.3 is 14.6 Å². The fourth-order valence-corrected chi connectivity index (χ4v) is 2.26.